The van der Waals surface area contributed by atoms with Crippen LogP contribution in [0.1, 0.15) is 17.3 Å². The maximum Gasteiger partial charge on any atom is 0.344 e. The van der Waals surface area contributed by atoms with E-state index in [1.54, 1.807) is 24.3 Å². The van der Waals surface area contributed by atoms with Gasteiger partial charge in [0, 0.05) is 11.3 Å². The monoisotopic (exact) mass is 291 g/mol. The summed E-state index contributed by atoms with van der Waals surface area (Å²) in [6.45, 7) is 0.957. The molecule has 0 amide bonds. The first kappa shape index (κ1) is 16.2. The van der Waals surface area contributed by atoms with Gasteiger partial charge in [-0.3, -0.25) is 10.2 Å². The van der Waals surface area contributed by atoms with E-state index < -0.39 is 18.4 Å². The summed E-state index contributed by atoms with van der Waals surface area (Å²) in [7, 11) is 1.52. The number of carbonyl (C=O) groups excluding carboxylic acids is 2. The maximum absolute atomic E-state index is 11.9. The Kier molecular flexibility index (Phi) is 5.48. The number of Topliss-reactive ketones (excluding diaryl/α,β-unsaturated/α-hetero) is 1. The van der Waals surface area contributed by atoms with E-state index in [4.69, 9.17) is 26.4 Å². The van der Waals surface area contributed by atoms with E-state index in [-0.39, 0.29) is 17.1 Å². The topological polar surface area (TPSA) is 128 Å². The molecule has 0 radical (unpaired) electrons. The summed E-state index contributed by atoms with van der Waals surface area (Å²) in [6, 6.07) is 6.37. The highest BCUT2D eigenvalue weighted by Crippen LogP contribution is 2.12. The predicted octanol–water partition coefficient (Wildman–Crippen LogP) is 0.590. The third-order valence-corrected chi connectivity index (χ3v) is 2.61. The molecule has 0 unspecified atom stereocenters. The van der Waals surface area contributed by atoms with Crippen molar-refractivity contribution in [1.82, 2.24) is 0 Å². The molecular formula is C14H17N3O4. The van der Waals surface area contributed by atoms with Crippen LogP contribution in [0.15, 0.2) is 35.5 Å². The fraction of sp³-hybridized carbons (Fsp3) is 0.214. The van der Waals surface area contributed by atoms with Gasteiger partial charge in [0.05, 0.1) is 7.11 Å². The van der Waals surface area contributed by atoms with Gasteiger partial charge in [-0.15, -0.1) is 0 Å². The Balaban J connectivity index is 2.70. The summed E-state index contributed by atoms with van der Waals surface area (Å²) in [5.74, 6) is -1.17. The van der Waals surface area contributed by atoms with Crippen LogP contribution in [0.2, 0.25) is 0 Å². The molecule has 0 spiro atoms. The largest absolute Gasteiger partial charge is 0.497 e. The highest BCUT2D eigenvalue weighted by Gasteiger charge is 2.18. The van der Waals surface area contributed by atoms with Gasteiger partial charge in [-0.1, -0.05) is 0 Å². The van der Waals surface area contributed by atoms with Gasteiger partial charge in [0.25, 0.3) is 0 Å². The van der Waals surface area contributed by atoms with Gasteiger partial charge in [-0.25, -0.2) is 4.79 Å². The van der Waals surface area contributed by atoms with Crippen molar-refractivity contribution in [3.8, 4) is 5.75 Å². The molecule has 0 aliphatic carbocycles. The van der Waals surface area contributed by atoms with Crippen LogP contribution in [0.25, 0.3) is 0 Å². The van der Waals surface area contributed by atoms with Crippen molar-refractivity contribution in [2.45, 2.75) is 6.92 Å². The van der Waals surface area contributed by atoms with Crippen molar-refractivity contribution in [2.24, 2.45) is 11.5 Å². The average Bonchev–Trinajstić information content (AvgIpc) is 2.44. The number of allylic oxidation sites excluding steroid dienone is 1. The van der Waals surface area contributed by atoms with Crippen LogP contribution in [0.4, 0.5) is 0 Å². The molecule has 112 valence electrons. The summed E-state index contributed by atoms with van der Waals surface area (Å²) in [5, 5.41) is 7.25. The molecular weight excluding hydrogens is 274 g/mol. The fourth-order valence-electron chi connectivity index (χ4n) is 1.55. The Morgan fingerprint density at radius 2 is 1.76 bits per heavy atom. The van der Waals surface area contributed by atoms with E-state index in [2.05, 4.69) is 0 Å². The lowest BCUT2D eigenvalue weighted by Gasteiger charge is -2.08. The van der Waals surface area contributed by atoms with Gasteiger partial charge in [0.15, 0.2) is 12.4 Å². The number of methoxy groups -OCH3 is 1. The number of amidine groups is 1. The van der Waals surface area contributed by atoms with Crippen molar-refractivity contribution < 1.29 is 19.1 Å². The van der Waals surface area contributed by atoms with E-state index in [0.717, 1.165) is 0 Å². The van der Waals surface area contributed by atoms with E-state index >= 15 is 0 Å². The van der Waals surface area contributed by atoms with Crippen molar-refractivity contribution >= 4 is 17.6 Å². The van der Waals surface area contributed by atoms with Gasteiger partial charge >= 0.3 is 5.97 Å². The lowest BCUT2D eigenvalue weighted by Crippen LogP contribution is -2.26. The fourth-order valence-corrected chi connectivity index (χ4v) is 1.55. The molecule has 0 heterocycles. The molecule has 0 fully saturated rings. The zero-order chi connectivity index (χ0) is 16.0. The van der Waals surface area contributed by atoms with E-state index in [0.29, 0.717) is 11.3 Å². The number of ketones is 1. The number of ether oxygens (including phenoxy) is 2. The lowest BCUT2D eigenvalue weighted by molar-refractivity contribution is -0.137. The number of hydrogen-bond donors (Lipinski definition) is 3. The molecule has 5 N–H and O–H groups in total. The predicted molar refractivity (Wildman–Crippen MR) is 77.1 cm³/mol. The summed E-state index contributed by atoms with van der Waals surface area (Å²) in [4.78, 5) is 23.6. The quantitative estimate of drug-likeness (QED) is 0.231. The van der Waals surface area contributed by atoms with Crippen LogP contribution in [-0.4, -0.2) is 31.3 Å². The highest BCUT2D eigenvalue weighted by molar-refractivity contribution is 6.17. The number of benzene rings is 1. The second kappa shape index (κ2) is 7.09. The smallest absolute Gasteiger partial charge is 0.344 e. The molecule has 0 saturated carbocycles. The molecule has 21 heavy (non-hydrogen) atoms. The SMILES string of the molecule is COc1ccc(C(=O)COC(=O)C(C(=N)N)=C(C)N)cc1. The van der Waals surface area contributed by atoms with Gasteiger partial charge in [-0.2, -0.15) is 0 Å². The van der Waals surface area contributed by atoms with Crippen LogP contribution < -0.4 is 16.2 Å². The zero-order valence-electron chi connectivity index (χ0n) is 11.8. The minimum absolute atomic E-state index is 0.0596. The van der Waals surface area contributed by atoms with E-state index in [9.17, 15) is 9.59 Å². The minimum Gasteiger partial charge on any atom is -0.497 e. The average molecular weight is 291 g/mol. The first-order valence-electron chi connectivity index (χ1n) is 6.02. The Hall–Kier alpha value is -2.83. The molecule has 0 bridgehead atoms. The number of hydrogen-bond acceptors (Lipinski definition) is 6. The third kappa shape index (κ3) is 4.34. The molecule has 1 aromatic rings. The number of nitrogens with two attached hydrogens (primary N) is 2. The van der Waals surface area contributed by atoms with Crippen molar-refractivity contribution in [3.05, 3.63) is 41.1 Å². The number of nitrogens with one attached hydrogen (secondary N) is 1. The van der Waals surface area contributed by atoms with Crippen molar-refractivity contribution in [3.63, 3.8) is 0 Å². The van der Waals surface area contributed by atoms with Crippen LogP contribution in [0.5, 0.6) is 5.75 Å². The Morgan fingerprint density at radius 1 is 1.19 bits per heavy atom. The summed E-state index contributed by atoms with van der Waals surface area (Å²) >= 11 is 0. The van der Waals surface area contributed by atoms with Crippen LogP contribution in [0.3, 0.4) is 0 Å². The molecule has 1 aromatic carbocycles. The second-order valence-corrected chi connectivity index (χ2v) is 4.20. The summed E-state index contributed by atoms with van der Waals surface area (Å²) in [5.41, 5.74) is 10.9. The standard InChI is InChI=1S/C14H17N3O4/c1-8(15)12(13(16)17)14(19)21-7-11(18)9-3-5-10(20-2)6-4-9/h3-6H,7,15H2,1-2H3,(H3,16,17). The normalized spacial score (nSPS) is 11.3. The van der Waals surface area contributed by atoms with E-state index in [1.165, 1.54) is 14.0 Å². The summed E-state index contributed by atoms with van der Waals surface area (Å²) in [6.07, 6.45) is 0. The van der Waals surface area contributed by atoms with Gasteiger partial charge in [0.2, 0.25) is 0 Å². The first-order valence-corrected chi connectivity index (χ1v) is 6.02. The molecule has 0 aliphatic heterocycles. The number of carbonyl (C=O) groups is 2. The Bertz CT molecular complexity index is 587. The van der Waals surface area contributed by atoms with Gasteiger partial charge < -0.3 is 20.9 Å². The van der Waals surface area contributed by atoms with E-state index in [1.807, 2.05) is 0 Å². The minimum atomic E-state index is -0.899. The first-order chi connectivity index (χ1) is 9.86. The molecule has 0 aliphatic rings. The maximum atomic E-state index is 11.9. The molecule has 7 nitrogen and oxygen atoms in total. The van der Waals surface area contributed by atoms with Gasteiger partial charge in [-0.05, 0) is 31.2 Å². The molecule has 7 heteroatoms. The zero-order valence-corrected chi connectivity index (χ0v) is 11.8. The second-order valence-electron chi connectivity index (χ2n) is 4.20. The Morgan fingerprint density at radius 3 is 2.19 bits per heavy atom. The molecule has 0 aromatic heterocycles. The third-order valence-electron chi connectivity index (χ3n) is 2.61. The number of rotatable bonds is 6. The number of esters is 1. The van der Waals surface area contributed by atoms with Crippen LogP contribution in [-0.2, 0) is 9.53 Å². The van der Waals surface area contributed by atoms with Gasteiger partial charge in [0.1, 0.15) is 17.2 Å². The van der Waals surface area contributed by atoms with Crippen LogP contribution >= 0.6 is 0 Å². The highest BCUT2D eigenvalue weighted by atomic mass is 16.5. The lowest BCUT2D eigenvalue weighted by atomic mass is 10.1. The van der Waals surface area contributed by atoms with Crippen molar-refractivity contribution in [1.29, 1.82) is 5.41 Å². The Labute approximate surface area is 122 Å². The molecule has 0 atom stereocenters. The summed E-state index contributed by atoms with van der Waals surface area (Å²) < 4.78 is 9.80. The molecule has 0 saturated heterocycles. The van der Waals surface area contributed by atoms with Crippen molar-refractivity contribution in [2.75, 3.05) is 13.7 Å². The van der Waals surface area contributed by atoms with Crippen LogP contribution in [0, 0.1) is 5.41 Å². The molecule has 1 rings (SSSR count).